The molecular weight excluding hydrogens is 597 g/mol. The number of ether oxygens (including phenoxy) is 2. The summed E-state index contributed by atoms with van der Waals surface area (Å²) in [5, 5.41) is 7.47. The maximum atomic E-state index is 13.0. The molecule has 1 fully saturated rings. The lowest BCUT2D eigenvalue weighted by molar-refractivity contribution is -0.274. The van der Waals surface area contributed by atoms with Gasteiger partial charge in [-0.15, -0.1) is 18.3 Å². The summed E-state index contributed by atoms with van der Waals surface area (Å²) in [7, 11) is 0. The van der Waals surface area contributed by atoms with E-state index in [1.54, 1.807) is 25.1 Å². The molecule has 0 saturated carbocycles. The lowest BCUT2D eigenvalue weighted by atomic mass is 10.1. The van der Waals surface area contributed by atoms with Crippen LogP contribution in [0.3, 0.4) is 0 Å². The second kappa shape index (κ2) is 12.9. The maximum absolute atomic E-state index is 13.0. The van der Waals surface area contributed by atoms with E-state index in [9.17, 15) is 22.8 Å². The predicted molar refractivity (Wildman–Crippen MR) is 161 cm³/mol. The fourth-order valence-corrected chi connectivity index (χ4v) is 5.25. The molecule has 0 radical (unpaired) electrons. The van der Waals surface area contributed by atoms with E-state index in [1.807, 2.05) is 32.0 Å². The van der Waals surface area contributed by atoms with Crippen LogP contribution in [0, 0.1) is 13.8 Å². The molecule has 1 aliphatic heterocycles. The van der Waals surface area contributed by atoms with Crippen molar-refractivity contribution in [3.8, 4) is 22.8 Å². The molecule has 1 N–H and O–H groups in total. The van der Waals surface area contributed by atoms with E-state index in [2.05, 4.69) is 25.1 Å². The number of anilines is 2. The Morgan fingerprint density at radius 1 is 1.09 bits per heavy atom. The Morgan fingerprint density at radius 3 is 2.57 bits per heavy atom. The van der Waals surface area contributed by atoms with Gasteiger partial charge in [0.1, 0.15) is 12.1 Å². The number of alkyl halides is 3. The Balaban J connectivity index is 1.30. The molecule has 5 rings (SSSR count). The highest BCUT2D eigenvalue weighted by Crippen LogP contribution is 2.32. The number of hydrogen-bond donors (Lipinski definition) is 1. The van der Waals surface area contributed by atoms with Crippen molar-refractivity contribution >= 4 is 40.2 Å². The van der Waals surface area contributed by atoms with Crippen LogP contribution < -0.4 is 15.0 Å². The minimum Gasteiger partial charge on any atom is -0.406 e. The number of hydrogen-bond acceptors (Lipinski definition) is 7. The number of amidine groups is 1. The van der Waals surface area contributed by atoms with Crippen molar-refractivity contribution in [3.05, 3.63) is 83.7 Å². The highest BCUT2D eigenvalue weighted by atomic mass is 32.2. The average Bonchev–Trinajstić information content (AvgIpc) is 3.60. The Labute approximate surface area is 254 Å². The first-order chi connectivity index (χ1) is 21.0. The van der Waals surface area contributed by atoms with Crippen LogP contribution in [0.4, 0.5) is 29.3 Å². The van der Waals surface area contributed by atoms with E-state index in [-0.39, 0.29) is 22.6 Å². The van der Waals surface area contributed by atoms with Gasteiger partial charge in [0.25, 0.3) is 0 Å². The van der Waals surface area contributed by atoms with Crippen LogP contribution in [0.1, 0.15) is 23.6 Å². The third-order valence-corrected chi connectivity index (χ3v) is 7.38. The van der Waals surface area contributed by atoms with Gasteiger partial charge in [-0.25, -0.2) is 14.5 Å². The molecule has 4 aromatic rings. The fraction of sp³-hybridized carbons (Fsp3) is 0.233. The van der Waals surface area contributed by atoms with Gasteiger partial charge in [-0.2, -0.15) is 4.99 Å². The smallest absolute Gasteiger partial charge is 0.406 e. The number of benzene rings is 3. The van der Waals surface area contributed by atoms with E-state index < -0.39 is 12.4 Å². The van der Waals surface area contributed by atoms with Crippen LogP contribution in [0.25, 0.3) is 17.1 Å². The highest BCUT2D eigenvalue weighted by molar-refractivity contribution is 8.15. The van der Waals surface area contributed by atoms with Crippen molar-refractivity contribution in [2.75, 3.05) is 22.6 Å². The molecule has 3 aromatic carbocycles. The molecule has 0 spiro atoms. The summed E-state index contributed by atoms with van der Waals surface area (Å²) in [6, 6.07) is 15.5. The van der Waals surface area contributed by atoms with E-state index in [0.717, 1.165) is 11.1 Å². The first kappa shape index (κ1) is 30.8. The van der Waals surface area contributed by atoms with Crippen LogP contribution >= 0.6 is 11.8 Å². The zero-order valence-electron chi connectivity index (χ0n) is 23.9. The molecule has 10 nitrogen and oxygen atoms in total. The molecule has 0 unspecified atom stereocenters. The maximum Gasteiger partial charge on any atom is 0.573 e. The highest BCUT2D eigenvalue weighted by Gasteiger charge is 2.32. The Kier molecular flexibility index (Phi) is 9.01. The number of aliphatic imine (C=N–C) groups is 1. The molecular formula is C30H27F3N6O4S. The van der Waals surface area contributed by atoms with Crippen LogP contribution in [0.2, 0.25) is 0 Å². The molecule has 1 saturated heterocycles. The van der Waals surface area contributed by atoms with Gasteiger partial charge in [0.15, 0.2) is 11.0 Å². The molecule has 1 aliphatic rings. The second-order valence-corrected chi connectivity index (χ2v) is 10.6. The predicted octanol–water partition coefficient (Wildman–Crippen LogP) is 6.65. The SMILES string of the molecule is CCOCc1ccc(C)cc1N1C(=O)CS/C1=N\C(=O)Nc1ccc(-c2ncn(-c3ccc(OC(F)(F)F)cc3)n2)cc1C. The van der Waals surface area contributed by atoms with Crippen molar-refractivity contribution < 1.29 is 32.2 Å². The quantitative estimate of drug-likeness (QED) is 0.234. The summed E-state index contributed by atoms with van der Waals surface area (Å²) in [6.07, 6.45) is -3.33. The largest absolute Gasteiger partial charge is 0.573 e. The molecule has 0 atom stereocenters. The van der Waals surface area contributed by atoms with Gasteiger partial charge in [-0.3, -0.25) is 9.69 Å². The number of rotatable bonds is 8. The number of halogens is 3. The van der Waals surface area contributed by atoms with Gasteiger partial charge in [0.2, 0.25) is 5.91 Å². The van der Waals surface area contributed by atoms with Crippen LogP contribution in [-0.4, -0.2) is 50.6 Å². The molecule has 0 bridgehead atoms. The van der Waals surface area contributed by atoms with Gasteiger partial charge in [-0.1, -0.05) is 23.9 Å². The van der Waals surface area contributed by atoms with Gasteiger partial charge in [-0.05, 0) is 80.4 Å². The number of nitrogens with one attached hydrogen (secondary N) is 1. The van der Waals surface area contributed by atoms with Gasteiger partial charge >= 0.3 is 12.4 Å². The third kappa shape index (κ3) is 7.26. The minimum atomic E-state index is -4.78. The summed E-state index contributed by atoms with van der Waals surface area (Å²) in [5.41, 5.74) is 4.78. The molecule has 0 aliphatic carbocycles. The topological polar surface area (TPSA) is 111 Å². The third-order valence-electron chi connectivity index (χ3n) is 6.46. The summed E-state index contributed by atoms with van der Waals surface area (Å²) in [5.74, 6) is 0.0158. The summed E-state index contributed by atoms with van der Waals surface area (Å²) >= 11 is 1.19. The first-order valence-electron chi connectivity index (χ1n) is 13.4. The van der Waals surface area contributed by atoms with E-state index in [1.165, 1.54) is 51.9 Å². The van der Waals surface area contributed by atoms with Gasteiger partial charge < -0.3 is 14.8 Å². The van der Waals surface area contributed by atoms with Crippen molar-refractivity contribution in [1.82, 2.24) is 14.8 Å². The molecule has 44 heavy (non-hydrogen) atoms. The summed E-state index contributed by atoms with van der Waals surface area (Å²) < 4.78 is 48.2. The minimum absolute atomic E-state index is 0.160. The Hall–Kier alpha value is -4.69. The summed E-state index contributed by atoms with van der Waals surface area (Å²) in [4.78, 5) is 35.8. The number of urea groups is 1. The number of nitrogens with zero attached hydrogens (tertiary/aromatic N) is 5. The summed E-state index contributed by atoms with van der Waals surface area (Å²) in [6.45, 7) is 6.46. The first-order valence-corrected chi connectivity index (χ1v) is 14.4. The number of aryl methyl sites for hydroxylation is 2. The number of carbonyl (C=O) groups excluding carboxylic acids is 2. The van der Waals surface area contributed by atoms with E-state index >= 15 is 0 Å². The van der Waals surface area contributed by atoms with Crippen molar-refractivity contribution in [1.29, 1.82) is 0 Å². The lowest BCUT2D eigenvalue weighted by Gasteiger charge is -2.20. The monoisotopic (exact) mass is 624 g/mol. The molecule has 2 heterocycles. The number of amides is 3. The standard InChI is InChI=1S/C30H27F3N6O4S/c1-4-42-15-21-6-5-18(2)13-25(21)39-26(40)16-44-29(39)36-28(41)35-24-12-7-20(14-19(24)3)27-34-17-38(37-27)22-8-10-23(11-9-22)43-30(31,32)33/h5-14,17H,4,15-16H2,1-3H3,(H,35,41)/b36-29-. The fourth-order valence-electron chi connectivity index (χ4n) is 4.39. The van der Waals surface area contributed by atoms with Gasteiger partial charge in [0.05, 0.1) is 23.7 Å². The van der Waals surface area contributed by atoms with Gasteiger partial charge in [0, 0.05) is 23.4 Å². The molecule has 228 valence electrons. The van der Waals surface area contributed by atoms with E-state index in [4.69, 9.17) is 4.74 Å². The van der Waals surface area contributed by atoms with Crippen LogP contribution in [-0.2, 0) is 16.1 Å². The Morgan fingerprint density at radius 2 is 1.86 bits per heavy atom. The molecule has 1 aromatic heterocycles. The second-order valence-electron chi connectivity index (χ2n) is 9.70. The van der Waals surface area contributed by atoms with Crippen molar-refractivity contribution in [2.24, 2.45) is 4.99 Å². The van der Waals surface area contributed by atoms with Crippen molar-refractivity contribution in [2.45, 2.75) is 33.7 Å². The normalized spacial score (nSPS) is 14.4. The number of carbonyl (C=O) groups is 2. The average molecular weight is 625 g/mol. The lowest BCUT2D eigenvalue weighted by Crippen LogP contribution is -2.31. The van der Waals surface area contributed by atoms with Crippen molar-refractivity contribution in [3.63, 3.8) is 0 Å². The zero-order valence-corrected chi connectivity index (χ0v) is 24.7. The number of aromatic nitrogens is 3. The number of thioether (sulfide) groups is 1. The Bertz CT molecular complexity index is 1720. The molecule has 14 heteroatoms. The molecule has 3 amide bonds. The van der Waals surface area contributed by atoms with E-state index in [0.29, 0.717) is 47.2 Å². The van der Waals surface area contributed by atoms with Crippen LogP contribution in [0.15, 0.2) is 72.0 Å². The van der Waals surface area contributed by atoms with Crippen LogP contribution in [0.5, 0.6) is 5.75 Å². The zero-order chi connectivity index (χ0) is 31.4.